The average Bonchev–Trinajstić information content (AvgIpc) is 2.78. The third-order valence-electron chi connectivity index (χ3n) is 5.51. The number of carbonyl (C=O) groups is 1. The smallest absolute Gasteiger partial charge is 0.346 e. The van der Waals surface area contributed by atoms with Crippen LogP contribution in [0.1, 0.15) is 24.5 Å². The standard InChI is InChI=1S/C23H24N2O2/c1-15-7-8-18-9-11-20-16(2)17(5-4-6-19(14-24)23(26)27)10-12-21(20)25(3)22(18)13-15/h4-8,10,12-13,16-17H,9,11H2,1-3H3,(H,26,27)/b5-4+,19-6-. The van der Waals surface area contributed by atoms with Crippen molar-refractivity contribution in [3.05, 3.63) is 76.5 Å². The fraction of sp³-hybridized carbons (Fsp3) is 0.304. The molecule has 0 amide bonds. The van der Waals surface area contributed by atoms with Crippen LogP contribution in [0.4, 0.5) is 5.69 Å². The van der Waals surface area contributed by atoms with Crippen LogP contribution in [0.3, 0.4) is 0 Å². The van der Waals surface area contributed by atoms with Crippen molar-refractivity contribution < 1.29 is 9.90 Å². The third-order valence-corrected chi connectivity index (χ3v) is 5.51. The normalized spacial score (nSPS) is 22.3. The number of rotatable bonds is 3. The van der Waals surface area contributed by atoms with Crippen LogP contribution >= 0.6 is 0 Å². The van der Waals surface area contributed by atoms with Gasteiger partial charge < -0.3 is 10.0 Å². The average molecular weight is 360 g/mol. The molecule has 1 aromatic carbocycles. The molecule has 0 saturated heterocycles. The molecule has 1 N–H and O–H groups in total. The van der Waals surface area contributed by atoms with E-state index in [0.29, 0.717) is 5.92 Å². The lowest BCUT2D eigenvalue weighted by molar-refractivity contribution is -0.132. The molecule has 1 heterocycles. The summed E-state index contributed by atoms with van der Waals surface area (Å²) in [6, 6.07) is 8.34. The van der Waals surface area contributed by atoms with E-state index in [4.69, 9.17) is 10.4 Å². The van der Waals surface area contributed by atoms with E-state index in [-0.39, 0.29) is 11.5 Å². The largest absolute Gasteiger partial charge is 0.477 e. The van der Waals surface area contributed by atoms with Gasteiger partial charge in [0.05, 0.1) is 0 Å². The van der Waals surface area contributed by atoms with E-state index < -0.39 is 5.97 Å². The lowest BCUT2D eigenvalue weighted by Gasteiger charge is -2.31. The fourth-order valence-corrected chi connectivity index (χ4v) is 3.89. The van der Waals surface area contributed by atoms with E-state index in [9.17, 15) is 4.79 Å². The molecule has 0 radical (unpaired) electrons. The molecule has 0 spiro atoms. The molecule has 1 aliphatic carbocycles. The molecular formula is C23H24N2O2. The zero-order valence-corrected chi connectivity index (χ0v) is 15.9. The van der Waals surface area contributed by atoms with Gasteiger partial charge in [0.15, 0.2) is 0 Å². The molecule has 4 nitrogen and oxygen atoms in total. The number of allylic oxidation sites excluding steroid dienone is 6. The quantitative estimate of drug-likeness (QED) is 0.488. The van der Waals surface area contributed by atoms with Crippen LogP contribution in [0.25, 0.3) is 0 Å². The van der Waals surface area contributed by atoms with Gasteiger partial charge in [-0.3, -0.25) is 0 Å². The first-order valence-corrected chi connectivity index (χ1v) is 9.18. The van der Waals surface area contributed by atoms with Gasteiger partial charge in [-0.25, -0.2) is 4.79 Å². The Kier molecular flexibility index (Phi) is 5.32. The van der Waals surface area contributed by atoms with Crippen molar-refractivity contribution in [1.29, 1.82) is 5.26 Å². The molecule has 4 heteroatoms. The van der Waals surface area contributed by atoms with Gasteiger partial charge in [0, 0.05) is 24.4 Å². The van der Waals surface area contributed by atoms with E-state index in [2.05, 4.69) is 56.1 Å². The highest BCUT2D eigenvalue weighted by molar-refractivity contribution is 5.91. The molecule has 2 aliphatic rings. The Hall–Kier alpha value is -3.06. The SMILES string of the molecule is Cc1ccc2c(c1)N(C)C1=C(CC2)C(C)C(/C=C/C=C(/C#N)C(=O)O)C=C1. The number of nitriles is 1. The Balaban J connectivity index is 1.86. The Bertz CT molecular complexity index is 928. The number of hydrogen-bond acceptors (Lipinski definition) is 3. The predicted octanol–water partition coefficient (Wildman–Crippen LogP) is 4.54. The van der Waals surface area contributed by atoms with Crippen LogP contribution in [-0.4, -0.2) is 18.1 Å². The van der Waals surface area contributed by atoms with Crippen molar-refractivity contribution in [3.8, 4) is 6.07 Å². The minimum atomic E-state index is -1.20. The fourth-order valence-electron chi connectivity index (χ4n) is 3.89. The second-order valence-electron chi connectivity index (χ2n) is 7.21. The van der Waals surface area contributed by atoms with E-state index in [1.54, 1.807) is 12.1 Å². The van der Waals surface area contributed by atoms with E-state index in [0.717, 1.165) is 12.8 Å². The van der Waals surface area contributed by atoms with Crippen molar-refractivity contribution in [2.24, 2.45) is 11.8 Å². The lowest BCUT2D eigenvalue weighted by atomic mass is 9.80. The molecule has 1 aliphatic heterocycles. The van der Waals surface area contributed by atoms with Crippen LogP contribution < -0.4 is 4.90 Å². The minimum absolute atomic E-state index is 0.185. The third kappa shape index (κ3) is 3.73. The molecule has 3 rings (SSSR count). The number of anilines is 1. The number of benzene rings is 1. The van der Waals surface area contributed by atoms with Crippen molar-refractivity contribution >= 4 is 11.7 Å². The Morgan fingerprint density at radius 3 is 2.85 bits per heavy atom. The summed E-state index contributed by atoms with van der Waals surface area (Å²) in [7, 11) is 2.13. The van der Waals surface area contributed by atoms with Crippen LogP contribution in [0.15, 0.2) is 65.4 Å². The summed E-state index contributed by atoms with van der Waals surface area (Å²) in [6.45, 7) is 4.34. The molecule has 0 bridgehead atoms. The number of likely N-dealkylation sites (N-methyl/N-ethyl adjacent to an activating group) is 1. The van der Waals surface area contributed by atoms with Crippen LogP contribution in [0.5, 0.6) is 0 Å². The molecule has 138 valence electrons. The highest BCUT2D eigenvalue weighted by Crippen LogP contribution is 2.40. The van der Waals surface area contributed by atoms with Gasteiger partial charge >= 0.3 is 5.97 Å². The zero-order valence-electron chi connectivity index (χ0n) is 15.9. The highest BCUT2D eigenvalue weighted by Gasteiger charge is 2.28. The summed E-state index contributed by atoms with van der Waals surface area (Å²) in [5, 5.41) is 17.8. The molecule has 1 aromatic rings. The van der Waals surface area contributed by atoms with Gasteiger partial charge in [-0.1, -0.05) is 37.3 Å². The molecule has 2 atom stereocenters. The van der Waals surface area contributed by atoms with Crippen LogP contribution in [0.2, 0.25) is 0 Å². The summed E-state index contributed by atoms with van der Waals surface area (Å²) in [4.78, 5) is 13.2. The molecule has 0 fully saturated rings. The predicted molar refractivity (Wildman–Crippen MR) is 107 cm³/mol. The van der Waals surface area contributed by atoms with Gasteiger partial charge in [-0.05, 0) is 60.6 Å². The van der Waals surface area contributed by atoms with Crippen molar-refractivity contribution in [1.82, 2.24) is 0 Å². The Morgan fingerprint density at radius 1 is 1.37 bits per heavy atom. The minimum Gasteiger partial charge on any atom is -0.477 e. The van der Waals surface area contributed by atoms with Crippen molar-refractivity contribution in [2.75, 3.05) is 11.9 Å². The molecule has 0 saturated carbocycles. The summed E-state index contributed by atoms with van der Waals surface area (Å²) >= 11 is 0. The first-order valence-electron chi connectivity index (χ1n) is 9.18. The van der Waals surface area contributed by atoms with Crippen molar-refractivity contribution in [2.45, 2.75) is 26.7 Å². The summed E-state index contributed by atoms with van der Waals surface area (Å²) in [6.07, 6.45) is 11.4. The topological polar surface area (TPSA) is 64.3 Å². The molecular weight excluding hydrogens is 336 g/mol. The first kappa shape index (κ1) is 18.7. The zero-order chi connectivity index (χ0) is 19.6. The van der Waals surface area contributed by atoms with Gasteiger partial charge in [-0.2, -0.15) is 5.26 Å². The molecule has 2 unspecified atom stereocenters. The first-order chi connectivity index (χ1) is 12.9. The second kappa shape index (κ2) is 7.67. The number of nitrogens with zero attached hydrogens (tertiary/aromatic N) is 2. The van der Waals surface area contributed by atoms with Crippen LogP contribution in [0, 0.1) is 30.1 Å². The van der Waals surface area contributed by atoms with Crippen molar-refractivity contribution in [3.63, 3.8) is 0 Å². The van der Waals surface area contributed by atoms with E-state index >= 15 is 0 Å². The van der Waals surface area contributed by atoms with E-state index in [1.165, 1.54) is 34.2 Å². The maximum atomic E-state index is 10.9. The molecule has 27 heavy (non-hydrogen) atoms. The molecule has 0 aromatic heterocycles. The number of fused-ring (bicyclic) bond motifs is 1. The monoisotopic (exact) mass is 360 g/mol. The Labute approximate surface area is 160 Å². The van der Waals surface area contributed by atoms with E-state index in [1.807, 2.05) is 6.08 Å². The highest BCUT2D eigenvalue weighted by atomic mass is 16.4. The lowest BCUT2D eigenvalue weighted by Crippen LogP contribution is -2.23. The van der Waals surface area contributed by atoms with Gasteiger partial charge in [-0.15, -0.1) is 0 Å². The summed E-state index contributed by atoms with van der Waals surface area (Å²) < 4.78 is 0. The maximum Gasteiger partial charge on any atom is 0.346 e. The number of carboxylic acid groups (broad SMARTS) is 1. The number of carboxylic acids is 1. The number of hydrogen-bond donors (Lipinski definition) is 1. The number of aryl methyl sites for hydroxylation is 2. The van der Waals surface area contributed by atoms with Crippen LogP contribution in [-0.2, 0) is 11.2 Å². The van der Waals surface area contributed by atoms with Gasteiger partial charge in [0.2, 0.25) is 0 Å². The maximum absolute atomic E-state index is 10.9. The van der Waals surface area contributed by atoms with Gasteiger partial charge in [0.1, 0.15) is 11.6 Å². The van der Waals surface area contributed by atoms with Gasteiger partial charge in [0.25, 0.3) is 0 Å². The second-order valence-corrected chi connectivity index (χ2v) is 7.21. The number of aliphatic carboxylic acids is 1. The summed E-state index contributed by atoms with van der Waals surface area (Å²) in [5.74, 6) is -0.689. The summed E-state index contributed by atoms with van der Waals surface area (Å²) in [5.41, 5.74) is 6.33. The Morgan fingerprint density at radius 2 is 2.15 bits per heavy atom.